The normalized spacial score (nSPS) is 18.1. The van der Waals surface area contributed by atoms with Gasteiger partial charge in [0, 0.05) is 32.1 Å². The third-order valence-electron chi connectivity index (χ3n) is 3.76. The fourth-order valence-electron chi connectivity index (χ4n) is 2.76. The molecule has 0 spiro atoms. The highest BCUT2D eigenvalue weighted by molar-refractivity contribution is 5.27. The topological polar surface area (TPSA) is 39.1 Å². The van der Waals surface area contributed by atoms with Gasteiger partial charge in [-0.25, -0.2) is 4.98 Å². The van der Waals surface area contributed by atoms with Gasteiger partial charge in [0.05, 0.1) is 6.61 Å². The molecule has 0 aliphatic heterocycles. The largest absolute Gasteiger partial charge is 0.383 e. The molecule has 1 N–H and O–H groups in total. The number of aryl methyl sites for hydroxylation is 1. The van der Waals surface area contributed by atoms with Gasteiger partial charge in [-0.15, -0.1) is 0 Å². The van der Waals surface area contributed by atoms with Crippen molar-refractivity contribution in [3.05, 3.63) is 12.4 Å². The molecule has 4 heteroatoms. The summed E-state index contributed by atoms with van der Waals surface area (Å²) in [5.41, 5.74) is 0. The van der Waals surface area contributed by atoms with E-state index in [1.54, 1.807) is 7.11 Å². The zero-order valence-electron chi connectivity index (χ0n) is 11.6. The van der Waals surface area contributed by atoms with Crippen LogP contribution in [-0.2, 0) is 11.3 Å². The van der Waals surface area contributed by atoms with Crippen LogP contribution in [0.3, 0.4) is 0 Å². The summed E-state index contributed by atoms with van der Waals surface area (Å²) in [7, 11) is 1.73. The van der Waals surface area contributed by atoms with Gasteiger partial charge in [0.1, 0.15) is 0 Å². The summed E-state index contributed by atoms with van der Waals surface area (Å²) in [6.07, 6.45) is 10.9. The van der Waals surface area contributed by atoms with Crippen molar-refractivity contribution in [2.45, 2.75) is 51.6 Å². The van der Waals surface area contributed by atoms with Crippen LogP contribution in [0.15, 0.2) is 12.4 Å². The van der Waals surface area contributed by atoms with Crippen molar-refractivity contribution in [3.8, 4) is 0 Å². The number of nitrogens with zero attached hydrogens (tertiary/aromatic N) is 2. The van der Waals surface area contributed by atoms with Crippen LogP contribution in [0.4, 0.5) is 5.95 Å². The van der Waals surface area contributed by atoms with Gasteiger partial charge < -0.3 is 14.6 Å². The van der Waals surface area contributed by atoms with Crippen LogP contribution in [0.25, 0.3) is 0 Å². The SMILES string of the molecule is COCC(C)Nc1nccn1CCC1CCCC1. The average Bonchev–Trinajstić information content (AvgIpc) is 2.97. The third kappa shape index (κ3) is 3.73. The van der Waals surface area contributed by atoms with E-state index in [1.165, 1.54) is 32.1 Å². The average molecular weight is 251 g/mol. The Morgan fingerprint density at radius 3 is 3.00 bits per heavy atom. The van der Waals surface area contributed by atoms with Crippen molar-refractivity contribution in [3.63, 3.8) is 0 Å². The first-order valence-electron chi connectivity index (χ1n) is 7.06. The maximum Gasteiger partial charge on any atom is 0.203 e. The molecule has 0 bridgehead atoms. The van der Waals surface area contributed by atoms with Crippen LogP contribution in [0.2, 0.25) is 0 Å². The summed E-state index contributed by atoms with van der Waals surface area (Å²) >= 11 is 0. The molecule has 1 saturated carbocycles. The second kappa shape index (κ2) is 6.78. The maximum atomic E-state index is 5.13. The van der Waals surface area contributed by atoms with Crippen LogP contribution in [0, 0.1) is 5.92 Å². The molecule has 1 fully saturated rings. The molecule has 0 saturated heterocycles. The highest BCUT2D eigenvalue weighted by atomic mass is 16.5. The number of rotatable bonds is 7. The standard InChI is InChI=1S/C14H25N3O/c1-12(11-18-2)16-14-15-8-10-17(14)9-7-13-5-3-4-6-13/h8,10,12-13H,3-7,9,11H2,1-2H3,(H,15,16). The van der Waals surface area contributed by atoms with Crippen molar-refractivity contribution in [1.82, 2.24) is 9.55 Å². The Kier molecular flexibility index (Phi) is 5.05. The van der Waals surface area contributed by atoms with Gasteiger partial charge >= 0.3 is 0 Å². The molecule has 1 unspecified atom stereocenters. The summed E-state index contributed by atoms with van der Waals surface area (Å²) in [6, 6.07) is 0.294. The van der Waals surface area contributed by atoms with Crippen molar-refractivity contribution >= 4 is 5.95 Å². The van der Waals surface area contributed by atoms with E-state index in [-0.39, 0.29) is 0 Å². The van der Waals surface area contributed by atoms with E-state index in [2.05, 4.69) is 28.0 Å². The molecule has 1 aromatic heterocycles. The molecule has 4 nitrogen and oxygen atoms in total. The first kappa shape index (κ1) is 13.4. The van der Waals surface area contributed by atoms with Gasteiger partial charge in [-0.1, -0.05) is 25.7 Å². The summed E-state index contributed by atoms with van der Waals surface area (Å²) in [6.45, 7) is 3.89. The zero-order chi connectivity index (χ0) is 12.8. The Bertz CT molecular complexity index is 345. The van der Waals surface area contributed by atoms with Crippen LogP contribution in [0.1, 0.15) is 39.0 Å². The predicted molar refractivity (Wildman–Crippen MR) is 73.8 cm³/mol. The van der Waals surface area contributed by atoms with Gasteiger partial charge in [-0.2, -0.15) is 0 Å². The van der Waals surface area contributed by atoms with E-state index < -0.39 is 0 Å². The Balaban J connectivity index is 1.82. The number of ether oxygens (including phenoxy) is 1. The Morgan fingerprint density at radius 2 is 2.28 bits per heavy atom. The van der Waals surface area contributed by atoms with Crippen LogP contribution < -0.4 is 5.32 Å². The number of hydrogen-bond acceptors (Lipinski definition) is 3. The van der Waals surface area contributed by atoms with Gasteiger partial charge in [-0.05, 0) is 19.3 Å². The van der Waals surface area contributed by atoms with Gasteiger partial charge in [0.15, 0.2) is 0 Å². The van der Waals surface area contributed by atoms with E-state index in [9.17, 15) is 0 Å². The molecule has 1 aliphatic rings. The number of methoxy groups -OCH3 is 1. The molecular formula is C14H25N3O. The number of aromatic nitrogens is 2. The fourth-order valence-corrected chi connectivity index (χ4v) is 2.76. The van der Waals surface area contributed by atoms with Crippen LogP contribution in [0.5, 0.6) is 0 Å². The lowest BCUT2D eigenvalue weighted by Crippen LogP contribution is -2.23. The fraction of sp³-hybridized carbons (Fsp3) is 0.786. The highest BCUT2D eigenvalue weighted by Gasteiger charge is 2.15. The summed E-state index contributed by atoms with van der Waals surface area (Å²) in [4.78, 5) is 4.38. The maximum absolute atomic E-state index is 5.13. The molecular weight excluding hydrogens is 226 g/mol. The Labute approximate surface area is 110 Å². The molecule has 0 radical (unpaired) electrons. The molecule has 1 aliphatic carbocycles. The number of imidazole rings is 1. The van der Waals surface area contributed by atoms with Crippen LogP contribution in [-0.4, -0.2) is 29.3 Å². The van der Waals surface area contributed by atoms with Crippen molar-refractivity contribution in [2.75, 3.05) is 19.0 Å². The summed E-state index contributed by atoms with van der Waals surface area (Å²) in [5.74, 6) is 1.90. The first-order chi connectivity index (χ1) is 8.79. The number of hydrogen-bond donors (Lipinski definition) is 1. The second-order valence-electron chi connectivity index (χ2n) is 5.38. The molecule has 0 aromatic carbocycles. The lowest BCUT2D eigenvalue weighted by Gasteiger charge is -2.16. The number of anilines is 1. The lowest BCUT2D eigenvalue weighted by atomic mass is 10.0. The van der Waals surface area contributed by atoms with Gasteiger partial charge in [-0.3, -0.25) is 0 Å². The van der Waals surface area contributed by atoms with Crippen molar-refractivity contribution < 1.29 is 4.74 Å². The zero-order valence-corrected chi connectivity index (χ0v) is 11.6. The quantitative estimate of drug-likeness (QED) is 0.810. The Hall–Kier alpha value is -1.03. The smallest absolute Gasteiger partial charge is 0.203 e. The first-order valence-corrected chi connectivity index (χ1v) is 7.06. The Morgan fingerprint density at radius 1 is 1.50 bits per heavy atom. The minimum Gasteiger partial charge on any atom is -0.383 e. The molecule has 102 valence electrons. The molecule has 1 heterocycles. The molecule has 2 rings (SSSR count). The van der Waals surface area contributed by atoms with E-state index >= 15 is 0 Å². The number of nitrogens with one attached hydrogen (secondary N) is 1. The van der Waals surface area contributed by atoms with E-state index in [0.29, 0.717) is 12.6 Å². The van der Waals surface area contributed by atoms with E-state index in [0.717, 1.165) is 18.4 Å². The van der Waals surface area contributed by atoms with E-state index in [4.69, 9.17) is 4.74 Å². The molecule has 18 heavy (non-hydrogen) atoms. The van der Waals surface area contributed by atoms with Crippen molar-refractivity contribution in [2.24, 2.45) is 5.92 Å². The minimum absolute atomic E-state index is 0.294. The van der Waals surface area contributed by atoms with Gasteiger partial charge in [0.25, 0.3) is 0 Å². The van der Waals surface area contributed by atoms with Crippen LogP contribution >= 0.6 is 0 Å². The lowest BCUT2D eigenvalue weighted by molar-refractivity contribution is 0.190. The monoisotopic (exact) mass is 251 g/mol. The van der Waals surface area contributed by atoms with Crippen molar-refractivity contribution in [1.29, 1.82) is 0 Å². The molecule has 1 atom stereocenters. The molecule has 0 amide bonds. The highest BCUT2D eigenvalue weighted by Crippen LogP contribution is 2.28. The van der Waals surface area contributed by atoms with Gasteiger partial charge in [0.2, 0.25) is 5.95 Å². The summed E-state index contributed by atoms with van der Waals surface area (Å²) < 4.78 is 7.36. The summed E-state index contributed by atoms with van der Waals surface area (Å²) in [5, 5.41) is 3.39. The minimum atomic E-state index is 0.294. The predicted octanol–water partition coefficient (Wildman–Crippen LogP) is 2.91. The second-order valence-corrected chi connectivity index (χ2v) is 5.38. The van der Waals surface area contributed by atoms with E-state index in [1.807, 2.05) is 6.20 Å². The third-order valence-corrected chi connectivity index (χ3v) is 3.76. The molecule has 1 aromatic rings.